The molecular formula is C21H16F3N5O. The van der Waals surface area contributed by atoms with Gasteiger partial charge < -0.3 is 5.32 Å². The van der Waals surface area contributed by atoms with Crippen molar-refractivity contribution < 1.29 is 18.0 Å². The van der Waals surface area contributed by atoms with Crippen LogP contribution in [0.15, 0.2) is 55.0 Å². The molecular weight excluding hydrogens is 395 g/mol. The lowest BCUT2D eigenvalue weighted by Gasteiger charge is -2.09. The molecule has 152 valence electrons. The van der Waals surface area contributed by atoms with E-state index in [1.54, 1.807) is 36.6 Å². The van der Waals surface area contributed by atoms with E-state index in [-0.39, 0.29) is 5.69 Å². The van der Waals surface area contributed by atoms with Crippen molar-refractivity contribution in [1.82, 2.24) is 19.4 Å². The average molecular weight is 411 g/mol. The van der Waals surface area contributed by atoms with Gasteiger partial charge in [0.25, 0.3) is 5.91 Å². The van der Waals surface area contributed by atoms with Gasteiger partial charge in [-0.15, -0.1) is 0 Å². The number of imidazole rings is 1. The first-order chi connectivity index (χ1) is 14.2. The lowest BCUT2D eigenvalue weighted by Crippen LogP contribution is -2.15. The van der Waals surface area contributed by atoms with Gasteiger partial charge in [0.15, 0.2) is 5.65 Å². The number of amides is 1. The monoisotopic (exact) mass is 411 g/mol. The van der Waals surface area contributed by atoms with Gasteiger partial charge in [-0.2, -0.15) is 13.2 Å². The molecule has 4 rings (SSSR count). The topological polar surface area (TPSA) is 72.2 Å². The molecule has 1 aromatic carbocycles. The number of fused-ring (bicyclic) bond motifs is 1. The van der Waals surface area contributed by atoms with Gasteiger partial charge in [0.05, 0.1) is 34.5 Å². The summed E-state index contributed by atoms with van der Waals surface area (Å²) in [6.45, 7) is 3.52. The second kappa shape index (κ2) is 7.25. The lowest BCUT2D eigenvalue weighted by atomic mass is 10.1. The van der Waals surface area contributed by atoms with Crippen LogP contribution >= 0.6 is 0 Å². The molecule has 0 radical (unpaired) electrons. The minimum absolute atomic E-state index is 0.135. The Labute approximate surface area is 169 Å². The predicted molar refractivity (Wildman–Crippen MR) is 105 cm³/mol. The Balaban J connectivity index is 1.73. The van der Waals surface area contributed by atoms with Crippen LogP contribution in [-0.2, 0) is 6.18 Å². The minimum Gasteiger partial charge on any atom is -0.319 e. The first-order valence-corrected chi connectivity index (χ1v) is 8.99. The van der Waals surface area contributed by atoms with Crippen LogP contribution in [0.4, 0.5) is 18.9 Å². The summed E-state index contributed by atoms with van der Waals surface area (Å²) in [5.74, 6) is -0.433. The van der Waals surface area contributed by atoms with E-state index in [4.69, 9.17) is 0 Å². The quantitative estimate of drug-likeness (QED) is 0.531. The number of pyridine rings is 1. The molecule has 30 heavy (non-hydrogen) atoms. The number of rotatable bonds is 3. The van der Waals surface area contributed by atoms with Crippen molar-refractivity contribution in [3.05, 3.63) is 77.6 Å². The van der Waals surface area contributed by atoms with Gasteiger partial charge in [-0.3, -0.25) is 14.2 Å². The van der Waals surface area contributed by atoms with E-state index in [1.807, 2.05) is 0 Å². The Bertz CT molecular complexity index is 1250. The fraction of sp³-hybridized carbons (Fsp3) is 0.143. The van der Waals surface area contributed by atoms with Crippen LogP contribution in [0, 0.1) is 13.8 Å². The highest BCUT2D eigenvalue weighted by atomic mass is 19.4. The van der Waals surface area contributed by atoms with Gasteiger partial charge in [-0.25, -0.2) is 9.97 Å². The van der Waals surface area contributed by atoms with Crippen LogP contribution in [0.25, 0.3) is 16.9 Å². The number of anilines is 1. The van der Waals surface area contributed by atoms with Crippen LogP contribution in [0.3, 0.4) is 0 Å². The van der Waals surface area contributed by atoms with Gasteiger partial charge in [0.2, 0.25) is 0 Å². The number of benzene rings is 1. The first kappa shape index (κ1) is 19.6. The number of aryl methyl sites for hydroxylation is 2. The molecule has 3 aromatic heterocycles. The first-order valence-electron chi connectivity index (χ1n) is 8.99. The number of carbonyl (C=O) groups is 1. The van der Waals surface area contributed by atoms with Crippen LogP contribution in [-0.4, -0.2) is 25.3 Å². The number of carbonyl (C=O) groups excluding carboxylic acids is 1. The normalized spacial score (nSPS) is 11.6. The van der Waals surface area contributed by atoms with Crippen molar-refractivity contribution >= 4 is 17.2 Å². The Morgan fingerprint density at radius 3 is 2.43 bits per heavy atom. The molecule has 0 aliphatic rings. The highest BCUT2D eigenvalue weighted by Gasteiger charge is 2.30. The molecule has 0 unspecified atom stereocenters. The van der Waals surface area contributed by atoms with E-state index in [0.717, 1.165) is 12.1 Å². The number of nitrogens with one attached hydrogen (secondary N) is 1. The molecule has 0 aliphatic heterocycles. The van der Waals surface area contributed by atoms with E-state index in [9.17, 15) is 18.0 Å². The Kier molecular flexibility index (Phi) is 4.73. The maximum atomic E-state index is 12.9. The second-order valence-corrected chi connectivity index (χ2v) is 6.71. The summed E-state index contributed by atoms with van der Waals surface area (Å²) >= 11 is 0. The highest BCUT2D eigenvalue weighted by Crippen LogP contribution is 2.32. The van der Waals surface area contributed by atoms with Crippen LogP contribution in [0.2, 0.25) is 0 Å². The number of alkyl halides is 3. The van der Waals surface area contributed by atoms with E-state index in [1.165, 1.54) is 24.5 Å². The zero-order chi connectivity index (χ0) is 21.5. The summed E-state index contributed by atoms with van der Waals surface area (Å²) in [4.78, 5) is 25.3. The van der Waals surface area contributed by atoms with Crippen molar-refractivity contribution in [2.45, 2.75) is 20.0 Å². The Morgan fingerprint density at radius 1 is 1.03 bits per heavy atom. The summed E-state index contributed by atoms with van der Waals surface area (Å²) < 4.78 is 40.3. The zero-order valence-electron chi connectivity index (χ0n) is 16.0. The van der Waals surface area contributed by atoms with E-state index in [2.05, 4.69) is 20.3 Å². The summed E-state index contributed by atoms with van der Waals surface area (Å²) in [5.41, 5.74) is 2.86. The molecule has 3 heterocycles. The molecule has 0 saturated heterocycles. The van der Waals surface area contributed by atoms with Crippen molar-refractivity contribution in [2.75, 3.05) is 5.32 Å². The third-order valence-electron chi connectivity index (χ3n) is 4.66. The largest absolute Gasteiger partial charge is 0.416 e. The third kappa shape index (κ3) is 3.61. The summed E-state index contributed by atoms with van der Waals surface area (Å²) in [6.07, 6.45) is 0.182. The second-order valence-electron chi connectivity index (χ2n) is 6.71. The molecule has 0 atom stereocenters. The van der Waals surface area contributed by atoms with E-state index < -0.39 is 17.6 Å². The van der Waals surface area contributed by atoms with Crippen LogP contribution in [0.1, 0.15) is 27.4 Å². The van der Waals surface area contributed by atoms with Crippen molar-refractivity contribution in [1.29, 1.82) is 0 Å². The van der Waals surface area contributed by atoms with Crippen molar-refractivity contribution in [3.63, 3.8) is 0 Å². The molecule has 9 heteroatoms. The Morgan fingerprint density at radius 2 is 1.77 bits per heavy atom. The standard InChI is InChI=1S/C21H16F3N5O/c1-12-16(4-3-9-25-12)28-20(30)17-11-29-18(10-26-17)27-13(2)19(29)14-5-7-15(8-6-14)21(22,23)24/h3-11H,1-2H3,(H,28,30). The number of aromatic nitrogens is 4. The fourth-order valence-electron chi connectivity index (χ4n) is 3.16. The minimum atomic E-state index is -4.41. The third-order valence-corrected chi connectivity index (χ3v) is 4.66. The molecule has 6 nitrogen and oxygen atoms in total. The predicted octanol–water partition coefficient (Wildman–Crippen LogP) is 4.68. The molecule has 1 N–H and O–H groups in total. The summed E-state index contributed by atoms with van der Waals surface area (Å²) in [7, 11) is 0. The number of hydrogen-bond donors (Lipinski definition) is 1. The smallest absolute Gasteiger partial charge is 0.319 e. The lowest BCUT2D eigenvalue weighted by molar-refractivity contribution is -0.137. The average Bonchev–Trinajstić information content (AvgIpc) is 3.04. The zero-order valence-corrected chi connectivity index (χ0v) is 16.0. The molecule has 1 amide bonds. The van der Waals surface area contributed by atoms with E-state index >= 15 is 0 Å². The number of hydrogen-bond acceptors (Lipinski definition) is 4. The fourth-order valence-corrected chi connectivity index (χ4v) is 3.16. The molecule has 0 bridgehead atoms. The van der Waals surface area contributed by atoms with Gasteiger partial charge in [-0.1, -0.05) is 12.1 Å². The SMILES string of the molecule is Cc1ncccc1NC(=O)c1cn2c(-c3ccc(C(F)(F)F)cc3)c(C)nc2cn1. The maximum absolute atomic E-state index is 12.9. The number of halogens is 3. The summed E-state index contributed by atoms with van der Waals surface area (Å²) in [6, 6.07) is 8.26. The van der Waals surface area contributed by atoms with Crippen molar-refractivity contribution in [2.24, 2.45) is 0 Å². The molecule has 4 aromatic rings. The van der Waals surface area contributed by atoms with Crippen LogP contribution in [0.5, 0.6) is 0 Å². The van der Waals surface area contributed by atoms with Gasteiger partial charge in [-0.05, 0) is 38.1 Å². The molecule has 0 spiro atoms. The van der Waals surface area contributed by atoms with Gasteiger partial charge in [0, 0.05) is 18.0 Å². The van der Waals surface area contributed by atoms with Gasteiger partial charge >= 0.3 is 6.18 Å². The Hall–Kier alpha value is -3.75. The van der Waals surface area contributed by atoms with Crippen LogP contribution < -0.4 is 5.32 Å². The molecule has 0 fully saturated rings. The highest BCUT2D eigenvalue weighted by molar-refractivity contribution is 6.03. The maximum Gasteiger partial charge on any atom is 0.416 e. The van der Waals surface area contributed by atoms with Crippen molar-refractivity contribution in [3.8, 4) is 11.3 Å². The molecule has 0 saturated carbocycles. The number of nitrogens with zero attached hydrogens (tertiary/aromatic N) is 4. The molecule has 0 aliphatic carbocycles. The van der Waals surface area contributed by atoms with E-state index in [0.29, 0.717) is 34.0 Å². The summed E-state index contributed by atoms with van der Waals surface area (Å²) in [5, 5.41) is 2.76. The van der Waals surface area contributed by atoms with Gasteiger partial charge in [0.1, 0.15) is 5.69 Å².